The van der Waals surface area contributed by atoms with E-state index in [9.17, 15) is 13.2 Å². The standard InChI is InChI=1S/C18H21N3O4S/c22-18(15-4-3-9-19-14-15)20-10-13-25-16-5-7-17(8-6-16)26(23,24)21-11-1-2-12-21/h3-9,14H,1-2,10-13H2,(H,20,22). The van der Waals surface area contributed by atoms with E-state index in [2.05, 4.69) is 10.3 Å². The Morgan fingerprint density at radius 3 is 2.54 bits per heavy atom. The predicted molar refractivity (Wildman–Crippen MR) is 96.5 cm³/mol. The molecule has 1 amide bonds. The molecule has 0 bridgehead atoms. The van der Waals surface area contributed by atoms with Crippen LogP contribution >= 0.6 is 0 Å². The van der Waals surface area contributed by atoms with Crippen LogP contribution in [0.15, 0.2) is 53.7 Å². The van der Waals surface area contributed by atoms with Gasteiger partial charge in [-0.3, -0.25) is 9.78 Å². The van der Waals surface area contributed by atoms with Gasteiger partial charge in [-0.2, -0.15) is 4.31 Å². The van der Waals surface area contributed by atoms with Crippen LogP contribution in [0.5, 0.6) is 5.75 Å². The Morgan fingerprint density at radius 2 is 1.88 bits per heavy atom. The number of aromatic nitrogens is 1. The Kier molecular flexibility index (Phi) is 5.85. The van der Waals surface area contributed by atoms with Gasteiger partial charge in [-0.15, -0.1) is 0 Å². The Balaban J connectivity index is 1.48. The van der Waals surface area contributed by atoms with Crippen molar-refractivity contribution in [3.8, 4) is 5.75 Å². The molecule has 1 fully saturated rings. The predicted octanol–water partition coefficient (Wildman–Crippen LogP) is 1.67. The van der Waals surface area contributed by atoms with Crippen LogP contribution in [-0.2, 0) is 10.0 Å². The van der Waals surface area contributed by atoms with Gasteiger partial charge in [-0.1, -0.05) is 0 Å². The highest BCUT2D eigenvalue weighted by atomic mass is 32.2. The van der Waals surface area contributed by atoms with Crippen LogP contribution in [0.3, 0.4) is 0 Å². The van der Waals surface area contributed by atoms with Gasteiger partial charge in [0, 0.05) is 25.5 Å². The van der Waals surface area contributed by atoms with E-state index in [0.29, 0.717) is 30.9 Å². The highest BCUT2D eigenvalue weighted by Crippen LogP contribution is 2.22. The van der Waals surface area contributed by atoms with E-state index in [1.54, 1.807) is 42.6 Å². The van der Waals surface area contributed by atoms with Crippen LogP contribution in [0.25, 0.3) is 0 Å². The number of amides is 1. The van der Waals surface area contributed by atoms with Crippen molar-refractivity contribution in [2.45, 2.75) is 17.7 Å². The largest absolute Gasteiger partial charge is 0.492 e. The lowest BCUT2D eigenvalue weighted by Gasteiger charge is -2.15. The quantitative estimate of drug-likeness (QED) is 0.744. The summed E-state index contributed by atoms with van der Waals surface area (Å²) in [5, 5.41) is 2.74. The normalized spacial score (nSPS) is 14.9. The van der Waals surface area contributed by atoms with Gasteiger partial charge < -0.3 is 10.1 Å². The molecule has 0 atom stereocenters. The number of carbonyl (C=O) groups is 1. The van der Waals surface area contributed by atoms with E-state index in [1.165, 1.54) is 10.5 Å². The summed E-state index contributed by atoms with van der Waals surface area (Å²) in [6, 6.07) is 9.75. The number of rotatable bonds is 7. The number of nitrogens with zero attached hydrogens (tertiary/aromatic N) is 2. The monoisotopic (exact) mass is 375 g/mol. The maximum Gasteiger partial charge on any atom is 0.252 e. The van der Waals surface area contributed by atoms with E-state index in [0.717, 1.165) is 12.8 Å². The van der Waals surface area contributed by atoms with Crippen molar-refractivity contribution in [1.82, 2.24) is 14.6 Å². The third-order valence-electron chi connectivity index (χ3n) is 4.11. The van der Waals surface area contributed by atoms with Crippen LogP contribution in [0, 0.1) is 0 Å². The third kappa shape index (κ3) is 4.39. The number of carbonyl (C=O) groups excluding carboxylic acids is 1. The molecule has 0 aliphatic carbocycles. The summed E-state index contributed by atoms with van der Waals surface area (Å²) < 4.78 is 32.0. The fraction of sp³-hybridized carbons (Fsp3) is 0.333. The molecule has 1 aromatic carbocycles. The molecule has 8 heteroatoms. The molecule has 0 saturated carbocycles. The summed E-state index contributed by atoms with van der Waals surface area (Å²) in [4.78, 5) is 16.0. The molecule has 7 nitrogen and oxygen atoms in total. The zero-order valence-electron chi connectivity index (χ0n) is 14.3. The molecule has 1 aromatic heterocycles. The van der Waals surface area contributed by atoms with E-state index >= 15 is 0 Å². The van der Waals surface area contributed by atoms with Crippen molar-refractivity contribution in [1.29, 1.82) is 0 Å². The molecule has 2 heterocycles. The Hall–Kier alpha value is -2.45. The minimum absolute atomic E-state index is 0.214. The first-order valence-corrected chi connectivity index (χ1v) is 9.92. The Bertz CT molecular complexity index is 832. The lowest BCUT2D eigenvalue weighted by Crippen LogP contribution is -2.28. The molecule has 1 aliphatic rings. The zero-order valence-corrected chi connectivity index (χ0v) is 15.1. The highest BCUT2D eigenvalue weighted by molar-refractivity contribution is 7.89. The molecule has 1 aliphatic heterocycles. The second-order valence-electron chi connectivity index (χ2n) is 5.93. The summed E-state index contributed by atoms with van der Waals surface area (Å²) in [7, 11) is -3.41. The first-order valence-electron chi connectivity index (χ1n) is 8.48. The van der Waals surface area contributed by atoms with E-state index < -0.39 is 10.0 Å². The van der Waals surface area contributed by atoms with Crippen LogP contribution in [0.4, 0.5) is 0 Å². The third-order valence-corrected chi connectivity index (χ3v) is 6.02. The molecule has 0 unspecified atom stereocenters. The number of sulfonamides is 1. The number of hydrogen-bond donors (Lipinski definition) is 1. The first-order chi connectivity index (χ1) is 12.6. The molecular formula is C18H21N3O4S. The van der Waals surface area contributed by atoms with Crippen LogP contribution in [-0.4, -0.2) is 49.9 Å². The van der Waals surface area contributed by atoms with Gasteiger partial charge in [0.05, 0.1) is 17.0 Å². The molecule has 1 saturated heterocycles. The summed E-state index contributed by atoms with van der Waals surface area (Å²) in [6.45, 7) is 1.78. The van der Waals surface area contributed by atoms with Crippen molar-refractivity contribution < 1.29 is 17.9 Å². The molecule has 3 rings (SSSR count). The molecule has 2 aromatic rings. The van der Waals surface area contributed by atoms with Gasteiger partial charge in [-0.05, 0) is 49.2 Å². The average molecular weight is 375 g/mol. The molecular weight excluding hydrogens is 354 g/mol. The number of benzene rings is 1. The number of pyridine rings is 1. The Morgan fingerprint density at radius 1 is 1.15 bits per heavy atom. The Labute approximate surface area is 153 Å². The van der Waals surface area contributed by atoms with Crippen LogP contribution in [0.2, 0.25) is 0 Å². The summed E-state index contributed by atoms with van der Waals surface area (Å²) >= 11 is 0. The van der Waals surface area contributed by atoms with Crippen molar-refractivity contribution in [2.24, 2.45) is 0 Å². The summed E-state index contributed by atoms with van der Waals surface area (Å²) in [6.07, 6.45) is 4.92. The maximum atomic E-state index is 12.4. The molecule has 138 valence electrons. The van der Waals surface area contributed by atoms with Crippen LogP contribution < -0.4 is 10.1 Å². The molecule has 0 spiro atoms. The van der Waals surface area contributed by atoms with E-state index in [4.69, 9.17) is 4.74 Å². The smallest absolute Gasteiger partial charge is 0.252 e. The van der Waals surface area contributed by atoms with E-state index in [1.807, 2.05) is 0 Å². The molecule has 1 N–H and O–H groups in total. The van der Waals surface area contributed by atoms with Gasteiger partial charge >= 0.3 is 0 Å². The zero-order chi connectivity index (χ0) is 18.4. The van der Waals surface area contributed by atoms with Crippen molar-refractivity contribution in [3.63, 3.8) is 0 Å². The summed E-state index contributed by atoms with van der Waals surface area (Å²) in [5.41, 5.74) is 0.490. The fourth-order valence-electron chi connectivity index (χ4n) is 2.72. The van der Waals surface area contributed by atoms with Gasteiger partial charge in [0.1, 0.15) is 12.4 Å². The fourth-order valence-corrected chi connectivity index (χ4v) is 4.24. The second-order valence-corrected chi connectivity index (χ2v) is 7.87. The molecule has 26 heavy (non-hydrogen) atoms. The minimum atomic E-state index is -3.41. The highest BCUT2D eigenvalue weighted by Gasteiger charge is 2.26. The molecule has 0 radical (unpaired) electrons. The van der Waals surface area contributed by atoms with Gasteiger partial charge in [0.25, 0.3) is 5.91 Å². The van der Waals surface area contributed by atoms with E-state index in [-0.39, 0.29) is 17.4 Å². The second kappa shape index (κ2) is 8.29. The SMILES string of the molecule is O=C(NCCOc1ccc(S(=O)(=O)N2CCCC2)cc1)c1cccnc1. The van der Waals surface area contributed by atoms with Crippen molar-refractivity contribution in [3.05, 3.63) is 54.4 Å². The van der Waals surface area contributed by atoms with Crippen molar-refractivity contribution >= 4 is 15.9 Å². The van der Waals surface area contributed by atoms with Crippen LogP contribution in [0.1, 0.15) is 23.2 Å². The number of hydrogen-bond acceptors (Lipinski definition) is 5. The first kappa shape index (κ1) is 18.3. The lowest BCUT2D eigenvalue weighted by molar-refractivity contribution is 0.0946. The topological polar surface area (TPSA) is 88.6 Å². The minimum Gasteiger partial charge on any atom is -0.492 e. The maximum absolute atomic E-state index is 12.4. The van der Waals surface area contributed by atoms with Gasteiger partial charge in [0.15, 0.2) is 0 Å². The average Bonchev–Trinajstić information content (AvgIpc) is 3.22. The van der Waals surface area contributed by atoms with Crippen molar-refractivity contribution in [2.75, 3.05) is 26.2 Å². The number of nitrogens with one attached hydrogen (secondary N) is 1. The van der Waals surface area contributed by atoms with Gasteiger partial charge in [-0.25, -0.2) is 8.42 Å². The summed E-state index contributed by atoms with van der Waals surface area (Å²) in [5.74, 6) is 0.342. The lowest BCUT2D eigenvalue weighted by atomic mass is 10.3. The van der Waals surface area contributed by atoms with Gasteiger partial charge in [0.2, 0.25) is 10.0 Å². The number of ether oxygens (including phenoxy) is 1.